The van der Waals surface area contributed by atoms with Crippen LogP contribution in [0.4, 0.5) is 0 Å². The van der Waals surface area contributed by atoms with Gasteiger partial charge in [-0.2, -0.15) is 5.10 Å². The molecule has 1 aliphatic rings. The van der Waals surface area contributed by atoms with Crippen LogP contribution in [0.3, 0.4) is 0 Å². The summed E-state index contributed by atoms with van der Waals surface area (Å²) in [6.07, 6.45) is 5.14. The number of aryl methyl sites for hydroxylation is 2. The Bertz CT molecular complexity index is 703. The molecule has 5 nitrogen and oxygen atoms in total. The minimum atomic E-state index is 0.596. The van der Waals surface area contributed by atoms with Gasteiger partial charge in [0.25, 0.3) is 0 Å². The SMILES string of the molecule is CN=C(NCCn1cc(C)cn1)N1CCC(c2ccccc2C)C1. The summed E-state index contributed by atoms with van der Waals surface area (Å²) in [7, 11) is 1.86. The lowest BCUT2D eigenvalue weighted by atomic mass is 9.94. The largest absolute Gasteiger partial charge is 0.354 e. The number of aromatic nitrogens is 2. The topological polar surface area (TPSA) is 45.5 Å². The van der Waals surface area contributed by atoms with Crippen molar-refractivity contribution < 1.29 is 0 Å². The van der Waals surface area contributed by atoms with Crippen LogP contribution in [0.5, 0.6) is 0 Å². The Kier molecular flexibility index (Phi) is 5.18. The fraction of sp³-hybridized carbons (Fsp3) is 0.474. The fourth-order valence-electron chi connectivity index (χ4n) is 3.46. The maximum absolute atomic E-state index is 4.46. The minimum absolute atomic E-state index is 0.596. The first-order chi connectivity index (χ1) is 11.7. The Hall–Kier alpha value is -2.30. The van der Waals surface area contributed by atoms with Crippen LogP contribution >= 0.6 is 0 Å². The van der Waals surface area contributed by atoms with Crippen LogP contribution in [-0.4, -0.2) is 47.3 Å². The Morgan fingerprint density at radius 1 is 1.33 bits per heavy atom. The van der Waals surface area contributed by atoms with Crippen LogP contribution < -0.4 is 5.32 Å². The van der Waals surface area contributed by atoms with Gasteiger partial charge < -0.3 is 10.2 Å². The lowest BCUT2D eigenvalue weighted by Crippen LogP contribution is -2.41. The quantitative estimate of drug-likeness (QED) is 0.694. The highest BCUT2D eigenvalue weighted by atomic mass is 15.3. The molecule has 24 heavy (non-hydrogen) atoms. The summed E-state index contributed by atoms with van der Waals surface area (Å²) in [4.78, 5) is 6.83. The van der Waals surface area contributed by atoms with Gasteiger partial charge in [0, 0.05) is 38.8 Å². The average molecular weight is 325 g/mol. The van der Waals surface area contributed by atoms with Gasteiger partial charge in [-0.3, -0.25) is 9.67 Å². The van der Waals surface area contributed by atoms with Gasteiger partial charge >= 0.3 is 0 Å². The summed E-state index contributed by atoms with van der Waals surface area (Å²) in [5.41, 5.74) is 4.06. The lowest BCUT2D eigenvalue weighted by Gasteiger charge is -2.22. The molecule has 5 heteroatoms. The van der Waals surface area contributed by atoms with E-state index in [9.17, 15) is 0 Å². The maximum atomic E-state index is 4.46. The Balaban J connectivity index is 1.54. The van der Waals surface area contributed by atoms with Crippen molar-refractivity contribution in [2.75, 3.05) is 26.7 Å². The molecule has 1 unspecified atom stereocenters. The maximum Gasteiger partial charge on any atom is 0.193 e. The molecule has 0 aliphatic carbocycles. The molecule has 1 aromatic heterocycles. The van der Waals surface area contributed by atoms with E-state index in [0.29, 0.717) is 5.92 Å². The highest BCUT2D eigenvalue weighted by molar-refractivity contribution is 5.80. The zero-order valence-electron chi connectivity index (χ0n) is 14.9. The number of nitrogens with zero attached hydrogens (tertiary/aromatic N) is 4. The van der Waals surface area contributed by atoms with E-state index in [1.165, 1.54) is 23.1 Å². The van der Waals surface area contributed by atoms with Crippen molar-refractivity contribution in [1.29, 1.82) is 0 Å². The molecule has 1 fully saturated rings. The van der Waals surface area contributed by atoms with E-state index < -0.39 is 0 Å². The van der Waals surface area contributed by atoms with Gasteiger partial charge in [-0.25, -0.2) is 0 Å². The normalized spacial score (nSPS) is 18.2. The van der Waals surface area contributed by atoms with Gasteiger partial charge in [-0.15, -0.1) is 0 Å². The number of rotatable bonds is 4. The van der Waals surface area contributed by atoms with Gasteiger partial charge in [0.1, 0.15) is 0 Å². The fourth-order valence-corrected chi connectivity index (χ4v) is 3.46. The third-order valence-electron chi connectivity index (χ3n) is 4.71. The van der Waals surface area contributed by atoms with Gasteiger partial charge in [-0.1, -0.05) is 24.3 Å². The number of hydrogen-bond donors (Lipinski definition) is 1. The van der Waals surface area contributed by atoms with Crippen LogP contribution in [0.2, 0.25) is 0 Å². The lowest BCUT2D eigenvalue weighted by molar-refractivity contribution is 0.478. The van der Waals surface area contributed by atoms with Crippen LogP contribution in [0.1, 0.15) is 29.0 Å². The first kappa shape index (κ1) is 16.6. The van der Waals surface area contributed by atoms with E-state index in [0.717, 1.165) is 32.1 Å². The molecule has 0 amide bonds. The van der Waals surface area contributed by atoms with E-state index in [-0.39, 0.29) is 0 Å². The Morgan fingerprint density at radius 3 is 2.88 bits per heavy atom. The van der Waals surface area contributed by atoms with Gasteiger partial charge in [-0.05, 0) is 37.0 Å². The van der Waals surface area contributed by atoms with Crippen molar-refractivity contribution in [3.63, 3.8) is 0 Å². The second-order valence-corrected chi connectivity index (χ2v) is 6.54. The van der Waals surface area contributed by atoms with Crippen molar-refractivity contribution >= 4 is 5.96 Å². The predicted octanol–water partition coefficient (Wildman–Crippen LogP) is 2.56. The molecule has 0 radical (unpaired) electrons. The third-order valence-corrected chi connectivity index (χ3v) is 4.71. The molecule has 0 bridgehead atoms. The van der Waals surface area contributed by atoms with Crippen molar-refractivity contribution in [3.8, 4) is 0 Å². The predicted molar refractivity (Wildman–Crippen MR) is 98.4 cm³/mol. The van der Waals surface area contributed by atoms with Crippen LogP contribution in [0.25, 0.3) is 0 Å². The number of benzene rings is 1. The average Bonchev–Trinajstić information content (AvgIpc) is 3.21. The molecule has 2 heterocycles. The molecular weight excluding hydrogens is 298 g/mol. The summed E-state index contributed by atoms with van der Waals surface area (Å²) in [6.45, 7) is 8.04. The zero-order valence-corrected chi connectivity index (χ0v) is 14.9. The zero-order chi connectivity index (χ0) is 16.9. The molecular formula is C19H27N5. The minimum Gasteiger partial charge on any atom is -0.354 e. The van der Waals surface area contributed by atoms with E-state index >= 15 is 0 Å². The van der Waals surface area contributed by atoms with Gasteiger partial charge in [0.2, 0.25) is 0 Å². The summed E-state index contributed by atoms with van der Waals surface area (Å²) < 4.78 is 1.97. The third kappa shape index (κ3) is 3.78. The van der Waals surface area contributed by atoms with E-state index in [1.54, 1.807) is 0 Å². The van der Waals surface area contributed by atoms with Crippen molar-refractivity contribution in [2.45, 2.75) is 32.7 Å². The van der Waals surface area contributed by atoms with Crippen LogP contribution in [-0.2, 0) is 6.54 Å². The van der Waals surface area contributed by atoms with Crippen molar-refractivity contribution in [3.05, 3.63) is 53.3 Å². The molecule has 1 saturated heterocycles. The van der Waals surface area contributed by atoms with E-state index in [2.05, 4.69) is 64.6 Å². The molecule has 0 spiro atoms. The Morgan fingerprint density at radius 2 is 2.17 bits per heavy atom. The summed E-state index contributed by atoms with van der Waals surface area (Å²) in [5.74, 6) is 1.59. The van der Waals surface area contributed by atoms with Crippen LogP contribution in [0.15, 0.2) is 41.7 Å². The standard InChI is InChI=1S/C19H27N5/c1-15-12-22-24(13-15)11-9-21-19(20-3)23-10-8-17(14-23)18-7-5-4-6-16(18)2/h4-7,12-13,17H,8-11,14H2,1-3H3,(H,20,21). The monoisotopic (exact) mass is 325 g/mol. The molecule has 1 N–H and O–H groups in total. The Labute approximate surface area is 144 Å². The number of guanidine groups is 1. The summed E-state index contributed by atoms with van der Waals surface area (Å²) in [5, 5.41) is 7.79. The van der Waals surface area contributed by atoms with E-state index in [1.807, 2.05) is 17.9 Å². The molecule has 3 rings (SSSR count). The smallest absolute Gasteiger partial charge is 0.193 e. The molecule has 1 aromatic carbocycles. The molecule has 2 aromatic rings. The number of aliphatic imine (C=N–C) groups is 1. The van der Waals surface area contributed by atoms with Crippen molar-refractivity contribution in [2.24, 2.45) is 4.99 Å². The molecule has 1 aliphatic heterocycles. The first-order valence-electron chi connectivity index (χ1n) is 8.67. The number of nitrogens with one attached hydrogen (secondary N) is 1. The van der Waals surface area contributed by atoms with Gasteiger partial charge in [0.15, 0.2) is 5.96 Å². The molecule has 1 atom stereocenters. The van der Waals surface area contributed by atoms with Crippen LogP contribution in [0, 0.1) is 13.8 Å². The number of likely N-dealkylation sites (tertiary alicyclic amines) is 1. The highest BCUT2D eigenvalue weighted by Gasteiger charge is 2.26. The van der Waals surface area contributed by atoms with Gasteiger partial charge in [0.05, 0.1) is 12.7 Å². The first-order valence-corrected chi connectivity index (χ1v) is 8.67. The number of hydrogen-bond acceptors (Lipinski definition) is 2. The van der Waals surface area contributed by atoms with Crippen molar-refractivity contribution in [1.82, 2.24) is 20.0 Å². The molecule has 128 valence electrons. The molecule has 0 saturated carbocycles. The summed E-state index contributed by atoms with van der Waals surface area (Å²) in [6, 6.07) is 8.73. The van der Waals surface area contributed by atoms with E-state index in [4.69, 9.17) is 0 Å². The second kappa shape index (κ2) is 7.51. The summed E-state index contributed by atoms with van der Waals surface area (Å²) >= 11 is 0. The second-order valence-electron chi connectivity index (χ2n) is 6.54. The highest BCUT2D eigenvalue weighted by Crippen LogP contribution is 2.29.